The Balaban J connectivity index is 1.86. The summed E-state index contributed by atoms with van der Waals surface area (Å²) >= 11 is 1.54. The molecule has 0 aliphatic carbocycles. The predicted octanol–water partition coefficient (Wildman–Crippen LogP) is 2.03. The normalized spacial score (nSPS) is 15.0. The Bertz CT molecular complexity index is 676. The number of thiazole rings is 1. The Morgan fingerprint density at radius 3 is 2.50 bits per heavy atom. The molecule has 1 aliphatic rings. The summed E-state index contributed by atoms with van der Waals surface area (Å²) in [7, 11) is 0. The second-order valence-electron chi connectivity index (χ2n) is 5.21. The molecule has 0 N–H and O–H groups in total. The smallest absolute Gasteiger partial charge is 0.274 e. The highest BCUT2D eigenvalue weighted by molar-refractivity contribution is 7.15. The standard InChI is InChI=1S/C16H17N3O2S/c1-12-17-14(15(22-12)13-5-3-2-4-6-13)16(21)19-9-7-18(11-20)8-10-19/h2-6,11H,7-10H2,1H3. The first-order valence-electron chi connectivity index (χ1n) is 7.20. The molecular formula is C16H17N3O2S. The first-order valence-corrected chi connectivity index (χ1v) is 8.02. The number of aryl methyl sites for hydroxylation is 1. The Hall–Kier alpha value is -2.21. The molecule has 114 valence electrons. The molecule has 0 spiro atoms. The van der Waals surface area contributed by atoms with Gasteiger partial charge in [0.05, 0.1) is 9.88 Å². The van der Waals surface area contributed by atoms with E-state index in [1.54, 1.807) is 9.80 Å². The maximum Gasteiger partial charge on any atom is 0.274 e. The predicted molar refractivity (Wildman–Crippen MR) is 85.8 cm³/mol. The summed E-state index contributed by atoms with van der Waals surface area (Å²) in [6, 6.07) is 9.86. The van der Waals surface area contributed by atoms with Gasteiger partial charge in [-0.3, -0.25) is 9.59 Å². The van der Waals surface area contributed by atoms with Gasteiger partial charge < -0.3 is 9.80 Å². The zero-order valence-electron chi connectivity index (χ0n) is 12.4. The van der Waals surface area contributed by atoms with Crippen LogP contribution in [0.3, 0.4) is 0 Å². The van der Waals surface area contributed by atoms with Crippen LogP contribution in [0, 0.1) is 6.92 Å². The molecule has 0 unspecified atom stereocenters. The van der Waals surface area contributed by atoms with Crippen molar-refractivity contribution in [3.05, 3.63) is 41.0 Å². The van der Waals surface area contributed by atoms with E-state index in [9.17, 15) is 9.59 Å². The summed E-state index contributed by atoms with van der Waals surface area (Å²) in [4.78, 5) is 32.4. The number of aromatic nitrogens is 1. The third-order valence-corrected chi connectivity index (χ3v) is 4.74. The zero-order valence-corrected chi connectivity index (χ0v) is 13.2. The van der Waals surface area contributed by atoms with Gasteiger partial charge in [-0.25, -0.2) is 4.98 Å². The van der Waals surface area contributed by atoms with Crippen LogP contribution in [0.25, 0.3) is 10.4 Å². The minimum Gasteiger partial charge on any atom is -0.342 e. The Morgan fingerprint density at radius 1 is 1.18 bits per heavy atom. The molecule has 0 radical (unpaired) electrons. The van der Waals surface area contributed by atoms with E-state index < -0.39 is 0 Å². The number of rotatable bonds is 3. The molecule has 2 aromatic rings. The molecule has 0 saturated carbocycles. The number of hydrogen-bond donors (Lipinski definition) is 0. The summed E-state index contributed by atoms with van der Waals surface area (Å²) < 4.78 is 0. The molecule has 6 heteroatoms. The van der Waals surface area contributed by atoms with E-state index in [1.165, 1.54) is 11.3 Å². The second kappa shape index (κ2) is 6.27. The number of benzene rings is 1. The monoisotopic (exact) mass is 315 g/mol. The molecule has 0 atom stereocenters. The van der Waals surface area contributed by atoms with Crippen molar-refractivity contribution in [3.8, 4) is 10.4 Å². The van der Waals surface area contributed by atoms with Crippen LogP contribution in [-0.2, 0) is 4.79 Å². The third kappa shape index (κ3) is 2.87. The average molecular weight is 315 g/mol. The lowest BCUT2D eigenvalue weighted by Gasteiger charge is -2.32. The largest absolute Gasteiger partial charge is 0.342 e. The van der Waals surface area contributed by atoms with Crippen LogP contribution < -0.4 is 0 Å². The number of amides is 2. The van der Waals surface area contributed by atoms with E-state index in [0.717, 1.165) is 21.9 Å². The van der Waals surface area contributed by atoms with Crippen molar-refractivity contribution in [2.24, 2.45) is 0 Å². The van der Waals surface area contributed by atoms with Crippen LogP contribution in [0.1, 0.15) is 15.5 Å². The molecule has 1 saturated heterocycles. The molecule has 22 heavy (non-hydrogen) atoms. The lowest BCUT2D eigenvalue weighted by atomic mass is 10.1. The van der Waals surface area contributed by atoms with E-state index in [4.69, 9.17) is 0 Å². The van der Waals surface area contributed by atoms with Gasteiger partial charge in [0, 0.05) is 26.2 Å². The van der Waals surface area contributed by atoms with Crippen molar-refractivity contribution in [1.29, 1.82) is 0 Å². The maximum atomic E-state index is 12.8. The quantitative estimate of drug-likeness (QED) is 0.815. The molecular weight excluding hydrogens is 298 g/mol. The summed E-state index contributed by atoms with van der Waals surface area (Å²) in [5, 5.41) is 0.883. The SMILES string of the molecule is Cc1nc(C(=O)N2CCN(C=O)CC2)c(-c2ccccc2)s1. The van der Waals surface area contributed by atoms with Crippen LogP contribution in [-0.4, -0.2) is 53.3 Å². The first kappa shape index (κ1) is 14.7. The fourth-order valence-corrected chi connectivity index (χ4v) is 3.45. The molecule has 1 aromatic carbocycles. The fourth-order valence-electron chi connectivity index (χ4n) is 2.54. The van der Waals surface area contributed by atoms with Crippen LogP contribution >= 0.6 is 11.3 Å². The first-order chi connectivity index (χ1) is 10.7. The molecule has 3 rings (SSSR count). The Kier molecular flexibility index (Phi) is 4.20. The minimum absolute atomic E-state index is 0.0475. The number of piperazine rings is 1. The summed E-state index contributed by atoms with van der Waals surface area (Å²) in [5.74, 6) is -0.0475. The maximum absolute atomic E-state index is 12.8. The molecule has 0 bridgehead atoms. The Morgan fingerprint density at radius 2 is 1.86 bits per heavy atom. The minimum atomic E-state index is -0.0475. The molecule has 1 aliphatic heterocycles. The van der Waals surface area contributed by atoms with Gasteiger partial charge in [0.1, 0.15) is 5.69 Å². The summed E-state index contributed by atoms with van der Waals surface area (Å²) in [6.07, 6.45) is 0.838. The van der Waals surface area contributed by atoms with E-state index in [-0.39, 0.29) is 5.91 Å². The fraction of sp³-hybridized carbons (Fsp3) is 0.312. The number of nitrogens with zero attached hydrogens (tertiary/aromatic N) is 3. The topological polar surface area (TPSA) is 53.5 Å². The van der Waals surface area contributed by atoms with Crippen molar-refractivity contribution in [3.63, 3.8) is 0 Å². The second-order valence-corrected chi connectivity index (χ2v) is 6.41. The third-order valence-electron chi connectivity index (χ3n) is 3.72. The van der Waals surface area contributed by atoms with Crippen molar-refractivity contribution < 1.29 is 9.59 Å². The van der Waals surface area contributed by atoms with E-state index in [1.807, 2.05) is 37.3 Å². The average Bonchev–Trinajstić information content (AvgIpc) is 2.97. The lowest BCUT2D eigenvalue weighted by Crippen LogP contribution is -2.48. The van der Waals surface area contributed by atoms with Gasteiger partial charge >= 0.3 is 0 Å². The highest BCUT2D eigenvalue weighted by Gasteiger charge is 2.26. The van der Waals surface area contributed by atoms with Crippen molar-refractivity contribution >= 4 is 23.7 Å². The van der Waals surface area contributed by atoms with Crippen molar-refractivity contribution in [2.75, 3.05) is 26.2 Å². The van der Waals surface area contributed by atoms with Gasteiger partial charge in [-0.15, -0.1) is 11.3 Å². The van der Waals surface area contributed by atoms with Gasteiger partial charge in [-0.1, -0.05) is 30.3 Å². The van der Waals surface area contributed by atoms with Gasteiger partial charge in [0.2, 0.25) is 6.41 Å². The van der Waals surface area contributed by atoms with Gasteiger partial charge in [-0.2, -0.15) is 0 Å². The van der Waals surface area contributed by atoms with Gasteiger partial charge in [0.25, 0.3) is 5.91 Å². The number of hydrogen-bond acceptors (Lipinski definition) is 4. The molecule has 2 heterocycles. The van der Waals surface area contributed by atoms with Crippen LogP contribution in [0.2, 0.25) is 0 Å². The molecule has 1 fully saturated rings. The van der Waals surface area contributed by atoms with Crippen LogP contribution in [0.15, 0.2) is 30.3 Å². The molecule has 5 nitrogen and oxygen atoms in total. The van der Waals surface area contributed by atoms with E-state index in [2.05, 4.69) is 4.98 Å². The van der Waals surface area contributed by atoms with E-state index >= 15 is 0 Å². The number of carbonyl (C=O) groups is 2. The summed E-state index contributed by atoms with van der Waals surface area (Å²) in [5.41, 5.74) is 1.54. The Labute approximate surface area is 133 Å². The van der Waals surface area contributed by atoms with Crippen LogP contribution in [0.4, 0.5) is 0 Å². The van der Waals surface area contributed by atoms with E-state index in [0.29, 0.717) is 31.9 Å². The zero-order chi connectivity index (χ0) is 15.5. The highest BCUT2D eigenvalue weighted by Crippen LogP contribution is 2.30. The molecule has 2 amide bonds. The summed E-state index contributed by atoms with van der Waals surface area (Å²) in [6.45, 7) is 4.20. The van der Waals surface area contributed by atoms with Crippen LogP contribution in [0.5, 0.6) is 0 Å². The van der Waals surface area contributed by atoms with Crippen molar-refractivity contribution in [1.82, 2.24) is 14.8 Å². The van der Waals surface area contributed by atoms with Gasteiger partial charge in [0.15, 0.2) is 0 Å². The lowest BCUT2D eigenvalue weighted by molar-refractivity contribution is -0.119. The van der Waals surface area contributed by atoms with Crippen molar-refractivity contribution in [2.45, 2.75) is 6.92 Å². The van der Waals surface area contributed by atoms with Gasteiger partial charge in [-0.05, 0) is 12.5 Å². The number of carbonyl (C=O) groups excluding carboxylic acids is 2. The highest BCUT2D eigenvalue weighted by atomic mass is 32.1. The molecule has 1 aromatic heterocycles.